The van der Waals surface area contributed by atoms with Crippen molar-refractivity contribution in [3.05, 3.63) is 90.5 Å². The van der Waals surface area contributed by atoms with Gasteiger partial charge in [-0.2, -0.15) is 0 Å². The molecule has 1 amide bonds. The maximum atomic E-state index is 13.5. The number of rotatable bonds is 5. The Bertz CT molecular complexity index is 1310. The first-order valence-electron chi connectivity index (χ1n) is 11.9. The van der Waals surface area contributed by atoms with Gasteiger partial charge >= 0.3 is 6.01 Å². The van der Waals surface area contributed by atoms with Gasteiger partial charge in [-0.05, 0) is 79.3 Å². The lowest BCUT2D eigenvalue weighted by molar-refractivity contribution is 0.0524. The molecule has 2 aliphatic rings. The molecule has 2 bridgehead atoms. The van der Waals surface area contributed by atoms with Crippen LogP contribution in [-0.4, -0.2) is 37.8 Å². The number of fused-ring (bicyclic) bond motifs is 3. The molecule has 0 N–H and O–H groups in total. The van der Waals surface area contributed by atoms with E-state index in [0.29, 0.717) is 29.3 Å². The van der Waals surface area contributed by atoms with Crippen LogP contribution >= 0.6 is 0 Å². The van der Waals surface area contributed by atoms with E-state index in [2.05, 4.69) is 44.1 Å². The van der Waals surface area contributed by atoms with Crippen LogP contribution in [0.15, 0.2) is 79.4 Å². The quantitative estimate of drug-likeness (QED) is 0.405. The second kappa shape index (κ2) is 8.86. The lowest BCUT2D eigenvalue weighted by Gasteiger charge is -2.39. The minimum atomic E-state index is 0.101. The molecule has 2 saturated heterocycles. The normalized spacial score (nSPS) is 21.5. The molecule has 4 heterocycles. The molecule has 0 spiro atoms. The first-order valence-corrected chi connectivity index (χ1v) is 11.9. The van der Waals surface area contributed by atoms with E-state index in [0.717, 1.165) is 32.1 Å². The molecule has 2 fully saturated rings. The molecular weight excluding hydrogens is 424 g/mol. The number of benzene rings is 2. The minimum absolute atomic E-state index is 0.101. The van der Waals surface area contributed by atoms with Crippen LogP contribution in [0.4, 0.5) is 0 Å². The van der Waals surface area contributed by atoms with E-state index in [-0.39, 0.29) is 11.9 Å². The van der Waals surface area contributed by atoms with Gasteiger partial charge in [0.1, 0.15) is 5.75 Å². The third-order valence-corrected chi connectivity index (χ3v) is 7.13. The maximum Gasteiger partial charge on any atom is 0.321 e. The highest BCUT2D eigenvalue weighted by Crippen LogP contribution is 2.41. The fourth-order valence-electron chi connectivity index (χ4n) is 5.67. The van der Waals surface area contributed by atoms with Crippen molar-refractivity contribution in [2.24, 2.45) is 5.92 Å². The lowest BCUT2D eigenvalue weighted by atomic mass is 9.85. The van der Waals surface area contributed by atoms with Gasteiger partial charge < -0.3 is 9.64 Å². The predicted molar refractivity (Wildman–Crippen MR) is 130 cm³/mol. The van der Waals surface area contributed by atoms with Crippen LogP contribution < -0.4 is 4.74 Å². The zero-order chi connectivity index (χ0) is 22.9. The Morgan fingerprint density at radius 2 is 1.74 bits per heavy atom. The van der Waals surface area contributed by atoms with Crippen LogP contribution in [-0.2, 0) is 6.42 Å². The second-order valence-electron chi connectivity index (χ2n) is 9.36. The number of amides is 1. The van der Waals surface area contributed by atoms with Crippen LogP contribution in [0.3, 0.4) is 0 Å². The molecule has 0 unspecified atom stereocenters. The number of pyridine rings is 1. The monoisotopic (exact) mass is 450 g/mol. The molecule has 34 heavy (non-hydrogen) atoms. The first kappa shape index (κ1) is 20.8. The van der Waals surface area contributed by atoms with Crippen molar-refractivity contribution in [3.8, 4) is 11.8 Å². The first-order chi connectivity index (χ1) is 16.7. The Balaban J connectivity index is 1.15. The number of hydrogen-bond acceptors (Lipinski definition) is 5. The highest BCUT2D eigenvalue weighted by molar-refractivity contribution is 5.95. The van der Waals surface area contributed by atoms with E-state index in [1.807, 2.05) is 30.6 Å². The van der Waals surface area contributed by atoms with E-state index in [1.165, 1.54) is 16.3 Å². The third-order valence-electron chi connectivity index (χ3n) is 7.13. The van der Waals surface area contributed by atoms with Crippen LogP contribution in [0.2, 0.25) is 0 Å². The largest absolute Gasteiger partial charge is 0.424 e. The average molecular weight is 451 g/mol. The molecule has 6 nitrogen and oxygen atoms in total. The Hall–Kier alpha value is -3.80. The minimum Gasteiger partial charge on any atom is -0.424 e. The lowest BCUT2D eigenvalue weighted by Crippen LogP contribution is -2.46. The number of aromatic nitrogens is 3. The van der Waals surface area contributed by atoms with Crippen LogP contribution in [0.1, 0.15) is 41.6 Å². The summed E-state index contributed by atoms with van der Waals surface area (Å²) in [5.41, 5.74) is 2.03. The number of nitrogens with zero attached hydrogens (tertiary/aromatic N) is 4. The van der Waals surface area contributed by atoms with Gasteiger partial charge in [0.15, 0.2) is 0 Å². The summed E-state index contributed by atoms with van der Waals surface area (Å²) in [6.45, 7) is 0. The van der Waals surface area contributed by atoms with Crippen molar-refractivity contribution < 1.29 is 9.53 Å². The summed E-state index contributed by atoms with van der Waals surface area (Å²) in [6.07, 6.45) is 12.4. The standard InChI is InChI=1S/C28H26N4O2/c33-27(22-3-1-4-26(17-22)34-28-30-10-2-11-31-28)32-24-7-8-25(32)16-20(15-24)13-19-5-6-23-18-29-12-9-21(23)14-19/h1-6,9-12,14,17-18,20,24-25H,7-8,13,15-16H2/t24-,25-/m0/s1. The number of piperidine rings is 1. The molecule has 4 aromatic rings. The van der Waals surface area contributed by atoms with Gasteiger partial charge in [-0.25, -0.2) is 9.97 Å². The molecule has 0 aliphatic carbocycles. The molecule has 2 atom stereocenters. The van der Waals surface area contributed by atoms with Gasteiger partial charge in [0.05, 0.1) is 0 Å². The van der Waals surface area contributed by atoms with Crippen molar-refractivity contribution >= 4 is 16.7 Å². The zero-order valence-electron chi connectivity index (χ0n) is 18.9. The van der Waals surface area contributed by atoms with Crippen molar-refractivity contribution in [2.75, 3.05) is 0 Å². The van der Waals surface area contributed by atoms with E-state index in [9.17, 15) is 4.79 Å². The van der Waals surface area contributed by atoms with Gasteiger partial charge in [0, 0.05) is 47.8 Å². The highest BCUT2D eigenvalue weighted by atomic mass is 16.5. The van der Waals surface area contributed by atoms with Gasteiger partial charge in [0.2, 0.25) is 0 Å². The molecule has 0 radical (unpaired) electrons. The smallest absolute Gasteiger partial charge is 0.321 e. The number of carbonyl (C=O) groups is 1. The van der Waals surface area contributed by atoms with E-state index in [1.54, 1.807) is 24.5 Å². The van der Waals surface area contributed by atoms with Gasteiger partial charge in [-0.15, -0.1) is 0 Å². The SMILES string of the molecule is O=C(c1cccc(Oc2ncccn2)c1)N1[C@H]2CC[C@H]1CC(Cc1ccc3cnccc3c1)C2. The number of ether oxygens (including phenoxy) is 1. The summed E-state index contributed by atoms with van der Waals surface area (Å²) >= 11 is 0. The van der Waals surface area contributed by atoms with Gasteiger partial charge in [-0.3, -0.25) is 9.78 Å². The Morgan fingerprint density at radius 1 is 0.912 bits per heavy atom. The van der Waals surface area contributed by atoms with Gasteiger partial charge in [0.25, 0.3) is 5.91 Å². The molecule has 170 valence electrons. The summed E-state index contributed by atoms with van der Waals surface area (Å²) in [4.78, 5) is 28.1. The Morgan fingerprint density at radius 3 is 2.56 bits per heavy atom. The number of hydrogen-bond donors (Lipinski definition) is 0. The molecule has 2 aromatic carbocycles. The van der Waals surface area contributed by atoms with E-state index < -0.39 is 0 Å². The molecule has 0 saturated carbocycles. The molecule has 6 rings (SSSR count). The van der Waals surface area contributed by atoms with Crippen LogP contribution in [0.25, 0.3) is 10.8 Å². The van der Waals surface area contributed by atoms with Crippen molar-refractivity contribution in [3.63, 3.8) is 0 Å². The highest BCUT2D eigenvalue weighted by Gasteiger charge is 2.43. The average Bonchev–Trinajstić information content (AvgIpc) is 3.14. The topological polar surface area (TPSA) is 68.2 Å². The molecule has 6 heteroatoms. The van der Waals surface area contributed by atoms with Crippen molar-refractivity contribution in [1.29, 1.82) is 0 Å². The summed E-state index contributed by atoms with van der Waals surface area (Å²) in [6, 6.07) is 18.7. The Labute approximate surface area is 198 Å². The molecule has 2 aromatic heterocycles. The summed E-state index contributed by atoms with van der Waals surface area (Å²) in [7, 11) is 0. The summed E-state index contributed by atoms with van der Waals surface area (Å²) in [5, 5.41) is 2.42. The Kier molecular flexibility index (Phi) is 5.41. The fourth-order valence-corrected chi connectivity index (χ4v) is 5.67. The van der Waals surface area contributed by atoms with E-state index >= 15 is 0 Å². The molecule has 2 aliphatic heterocycles. The third kappa shape index (κ3) is 4.12. The van der Waals surface area contributed by atoms with Crippen molar-refractivity contribution in [2.45, 2.75) is 44.2 Å². The van der Waals surface area contributed by atoms with Crippen LogP contribution in [0.5, 0.6) is 11.8 Å². The van der Waals surface area contributed by atoms with Crippen LogP contribution in [0, 0.1) is 5.92 Å². The van der Waals surface area contributed by atoms with Crippen molar-refractivity contribution in [1.82, 2.24) is 19.9 Å². The zero-order valence-corrected chi connectivity index (χ0v) is 18.9. The second-order valence-corrected chi connectivity index (χ2v) is 9.36. The maximum absolute atomic E-state index is 13.5. The summed E-state index contributed by atoms with van der Waals surface area (Å²) in [5.74, 6) is 1.28. The van der Waals surface area contributed by atoms with Gasteiger partial charge in [-0.1, -0.05) is 24.3 Å². The fraction of sp³-hybridized carbons (Fsp3) is 0.286. The van der Waals surface area contributed by atoms with E-state index in [4.69, 9.17) is 4.74 Å². The molecular formula is C28H26N4O2. The summed E-state index contributed by atoms with van der Waals surface area (Å²) < 4.78 is 5.74. The predicted octanol–water partition coefficient (Wildman–Crippen LogP) is 5.44. The number of carbonyl (C=O) groups excluding carboxylic acids is 1.